The van der Waals surface area contributed by atoms with E-state index in [1.165, 1.54) is 6.08 Å². The van der Waals surface area contributed by atoms with Gasteiger partial charge in [-0.25, -0.2) is 9.59 Å². The first-order valence-corrected chi connectivity index (χ1v) is 10.2. The standard InChI is InChI=1S/C22H19ClF3NO7/c1-2-3-10-32-20(28)5-4-11-33-21(29)16-13-15(7-8-18(16)27(30)31)34-19-9-6-14(12-17(19)23)22(24,25)26/h4-9,12-13H,2-3,10-11H2,1H3/b5-4+. The number of hydrogen-bond donors (Lipinski definition) is 0. The maximum atomic E-state index is 12.8. The molecule has 0 N–H and O–H groups in total. The number of alkyl halides is 3. The van der Waals surface area contributed by atoms with Crippen LogP contribution in [0.2, 0.25) is 5.02 Å². The highest BCUT2D eigenvalue weighted by Crippen LogP contribution is 2.37. The predicted octanol–water partition coefficient (Wildman–Crippen LogP) is 6.12. The van der Waals surface area contributed by atoms with Gasteiger partial charge in [0, 0.05) is 18.2 Å². The van der Waals surface area contributed by atoms with Crippen molar-refractivity contribution in [3.8, 4) is 11.5 Å². The molecular formula is C22H19ClF3NO7. The predicted molar refractivity (Wildman–Crippen MR) is 115 cm³/mol. The van der Waals surface area contributed by atoms with E-state index in [0.717, 1.165) is 42.8 Å². The van der Waals surface area contributed by atoms with E-state index in [1.54, 1.807) is 0 Å². The molecule has 8 nitrogen and oxygen atoms in total. The van der Waals surface area contributed by atoms with Crippen LogP contribution in [0.4, 0.5) is 18.9 Å². The topological polar surface area (TPSA) is 105 Å². The molecule has 0 spiro atoms. The fourth-order valence-corrected chi connectivity index (χ4v) is 2.72. The van der Waals surface area contributed by atoms with Crippen molar-refractivity contribution in [1.29, 1.82) is 0 Å². The summed E-state index contributed by atoms with van der Waals surface area (Å²) in [6, 6.07) is 5.52. The van der Waals surface area contributed by atoms with Crippen molar-refractivity contribution in [2.75, 3.05) is 13.2 Å². The minimum atomic E-state index is -4.60. The normalized spacial score (nSPS) is 11.3. The number of carbonyl (C=O) groups is 2. The zero-order chi connectivity index (χ0) is 25.3. The summed E-state index contributed by atoms with van der Waals surface area (Å²) in [6.45, 7) is 1.82. The summed E-state index contributed by atoms with van der Waals surface area (Å²) in [5.74, 6) is -1.97. The molecule has 0 bridgehead atoms. The third-order valence-electron chi connectivity index (χ3n) is 4.18. The second-order valence-corrected chi connectivity index (χ2v) is 7.11. The van der Waals surface area contributed by atoms with Crippen molar-refractivity contribution in [3.63, 3.8) is 0 Å². The minimum Gasteiger partial charge on any atom is -0.463 e. The zero-order valence-electron chi connectivity index (χ0n) is 17.8. The molecule has 0 amide bonds. The van der Waals surface area contributed by atoms with Gasteiger partial charge in [0.2, 0.25) is 0 Å². The van der Waals surface area contributed by atoms with Crippen molar-refractivity contribution < 1.29 is 41.9 Å². The summed E-state index contributed by atoms with van der Waals surface area (Å²) in [5, 5.41) is 10.9. The molecule has 2 aromatic rings. The molecule has 34 heavy (non-hydrogen) atoms. The number of rotatable bonds is 10. The summed E-state index contributed by atoms with van der Waals surface area (Å²) >= 11 is 5.85. The fourth-order valence-electron chi connectivity index (χ4n) is 2.50. The van der Waals surface area contributed by atoms with Crippen molar-refractivity contribution in [3.05, 3.63) is 74.8 Å². The summed E-state index contributed by atoms with van der Waals surface area (Å²) < 4.78 is 53.6. The number of nitrogens with zero attached hydrogens (tertiary/aromatic N) is 1. The minimum absolute atomic E-state index is 0.103. The molecule has 0 aliphatic rings. The first-order chi connectivity index (χ1) is 16.0. The third kappa shape index (κ3) is 7.77. The highest BCUT2D eigenvalue weighted by atomic mass is 35.5. The van der Waals surface area contributed by atoms with E-state index in [2.05, 4.69) is 0 Å². The van der Waals surface area contributed by atoms with Gasteiger partial charge < -0.3 is 14.2 Å². The molecule has 0 heterocycles. The van der Waals surface area contributed by atoms with E-state index < -0.39 is 39.9 Å². The average molecular weight is 502 g/mol. The largest absolute Gasteiger partial charge is 0.463 e. The van der Waals surface area contributed by atoms with Crippen LogP contribution in [0.5, 0.6) is 11.5 Å². The van der Waals surface area contributed by atoms with Crippen molar-refractivity contribution in [2.24, 2.45) is 0 Å². The van der Waals surface area contributed by atoms with Crippen LogP contribution in [0.1, 0.15) is 35.7 Å². The molecule has 2 aromatic carbocycles. The van der Waals surface area contributed by atoms with Crippen molar-refractivity contribution in [2.45, 2.75) is 25.9 Å². The molecule has 0 atom stereocenters. The van der Waals surface area contributed by atoms with E-state index in [4.69, 9.17) is 25.8 Å². The van der Waals surface area contributed by atoms with Crippen LogP contribution in [0.25, 0.3) is 0 Å². The Morgan fingerprint density at radius 1 is 1.15 bits per heavy atom. The third-order valence-corrected chi connectivity index (χ3v) is 4.47. The summed E-state index contributed by atoms with van der Waals surface area (Å²) in [7, 11) is 0. The van der Waals surface area contributed by atoms with Crippen LogP contribution in [-0.2, 0) is 20.4 Å². The number of halogens is 4. The lowest BCUT2D eigenvalue weighted by Gasteiger charge is -2.12. The Bertz CT molecular complexity index is 1090. The highest BCUT2D eigenvalue weighted by Gasteiger charge is 2.31. The van der Waals surface area contributed by atoms with Crippen LogP contribution >= 0.6 is 11.6 Å². The second kappa shape index (κ2) is 12.0. The Morgan fingerprint density at radius 3 is 2.50 bits per heavy atom. The molecule has 0 aromatic heterocycles. The number of hydrogen-bond acceptors (Lipinski definition) is 7. The Kier molecular flexibility index (Phi) is 9.43. The van der Waals surface area contributed by atoms with E-state index in [1.807, 2.05) is 6.92 Å². The van der Waals surface area contributed by atoms with Crippen molar-refractivity contribution in [1.82, 2.24) is 0 Å². The lowest BCUT2D eigenvalue weighted by atomic mass is 10.1. The Hall–Kier alpha value is -3.60. The van der Waals surface area contributed by atoms with Crippen LogP contribution in [0.15, 0.2) is 48.6 Å². The second-order valence-electron chi connectivity index (χ2n) is 6.70. The number of ether oxygens (including phenoxy) is 3. The molecule has 0 aliphatic heterocycles. The monoisotopic (exact) mass is 501 g/mol. The van der Waals surface area contributed by atoms with Gasteiger partial charge in [0.25, 0.3) is 5.69 Å². The lowest BCUT2D eigenvalue weighted by Crippen LogP contribution is -2.09. The van der Waals surface area contributed by atoms with Gasteiger partial charge in [-0.3, -0.25) is 10.1 Å². The fraction of sp³-hybridized carbons (Fsp3) is 0.273. The van der Waals surface area contributed by atoms with Gasteiger partial charge in [0.05, 0.1) is 22.1 Å². The number of nitro groups is 1. The molecule has 0 fully saturated rings. The molecule has 0 aliphatic carbocycles. The molecular weight excluding hydrogens is 483 g/mol. The molecule has 0 unspecified atom stereocenters. The first kappa shape index (κ1) is 26.7. The highest BCUT2D eigenvalue weighted by molar-refractivity contribution is 6.32. The number of esters is 2. The molecule has 0 radical (unpaired) electrons. The van der Waals surface area contributed by atoms with E-state index in [0.29, 0.717) is 12.5 Å². The number of nitro benzene ring substituents is 1. The van der Waals surface area contributed by atoms with Crippen LogP contribution in [-0.4, -0.2) is 30.1 Å². The van der Waals surface area contributed by atoms with Gasteiger partial charge in [-0.05, 0) is 36.8 Å². The number of carbonyl (C=O) groups excluding carboxylic acids is 2. The lowest BCUT2D eigenvalue weighted by molar-refractivity contribution is -0.385. The van der Waals surface area contributed by atoms with Gasteiger partial charge in [-0.2, -0.15) is 13.2 Å². The maximum Gasteiger partial charge on any atom is 0.416 e. The molecule has 0 saturated carbocycles. The molecule has 0 saturated heterocycles. The van der Waals surface area contributed by atoms with E-state index >= 15 is 0 Å². The van der Waals surface area contributed by atoms with Gasteiger partial charge in [0.15, 0.2) is 0 Å². The Labute approximate surface area is 197 Å². The Morgan fingerprint density at radius 2 is 1.88 bits per heavy atom. The maximum absolute atomic E-state index is 12.8. The summed E-state index contributed by atoms with van der Waals surface area (Å²) in [5.41, 5.74) is -2.04. The first-order valence-electron chi connectivity index (χ1n) is 9.86. The Balaban J connectivity index is 2.13. The average Bonchev–Trinajstić information content (AvgIpc) is 2.77. The molecule has 2 rings (SSSR count). The van der Waals surface area contributed by atoms with Gasteiger partial charge in [0.1, 0.15) is 23.7 Å². The number of benzene rings is 2. The van der Waals surface area contributed by atoms with Gasteiger partial charge in [-0.15, -0.1) is 0 Å². The van der Waals surface area contributed by atoms with Gasteiger partial charge in [-0.1, -0.05) is 24.9 Å². The van der Waals surface area contributed by atoms with Crippen LogP contribution < -0.4 is 4.74 Å². The van der Waals surface area contributed by atoms with E-state index in [9.17, 15) is 32.9 Å². The molecule has 12 heteroatoms. The smallest absolute Gasteiger partial charge is 0.416 e. The quantitative estimate of drug-likeness (QED) is 0.127. The SMILES string of the molecule is CCCCOC(=O)/C=C/COC(=O)c1cc(Oc2ccc(C(F)(F)F)cc2Cl)ccc1[N+](=O)[O-]. The van der Waals surface area contributed by atoms with Gasteiger partial charge >= 0.3 is 18.1 Å². The van der Waals surface area contributed by atoms with Crippen LogP contribution in [0, 0.1) is 10.1 Å². The number of unbranched alkanes of at least 4 members (excludes halogenated alkanes) is 1. The summed E-state index contributed by atoms with van der Waals surface area (Å²) in [6.07, 6.45) is -0.785. The zero-order valence-corrected chi connectivity index (χ0v) is 18.5. The van der Waals surface area contributed by atoms with Crippen LogP contribution in [0.3, 0.4) is 0 Å². The van der Waals surface area contributed by atoms with Crippen molar-refractivity contribution >= 4 is 29.2 Å². The summed E-state index contributed by atoms with van der Waals surface area (Å²) in [4.78, 5) is 34.3. The van der Waals surface area contributed by atoms with E-state index in [-0.39, 0.29) is 29.7 Å². The molecule has 182 valence electrons.